The molecule has 0 N–H and O–H groups in total. The molecule has 0 aromatic carbocycles. The predicted molar refractivity (Wildman–Crippen MR) is 86.9 cm³/mol. The summed E-state index contributed by atoms with van der Waals surface area (Å²) >= 11 is 0. The number of carbonyl (C=O) groups is 1. The lowest BCUT2D eigenvalue weighted by atomic mass is 10.2. The van der Waals surface area contributed by atoms with E-state index in [0.29, 0.717) is 24.9 Å². The van der Waals surface area contributed by atoms with Gasteiger partial charge >= 0.3 is 0 Å². The van der Waals surface area contributed by atoms with Gasteiger partial charge in [0.25, 0.3) is 0 Å². The molecule has 0 radical (unpaired) electrons. The second kappa shape index (κ2) is 6.14. The molecule has 2 aliphatic rings. The maximum atomic E-state index is 12.6. The first-order valence-electron chi connectivity index (χ1n) is 8.20. The Labute approximate surface area is 140 Å². The van der Waals surface area contributed by atoms with Crippen molar-refractivity contribution in [2.45, 2.75) is 12.3 Å². The van der Waals surface area contributed by atoms with Crippen LogP contribution in [0.4, 0.5) is 5.95 Å². The average molecular weight is 328 g/mol. The number of nitrogens with zero attached hydrogens (tertiary/aromatic N) is 4. The average Bonchev–Trinajstić information content (AvgIpc) is 3.26. The van der Waals surface area contributed by atoms with E-state index >= 15 is 0 Å². The minimum absolute atomic E-state index is 0.0794. The van der Waals surface area contributed by atoms with E-state index in [9.17, 15) is 4.79 Å². The molecule has 4 rings (SSSR count). The molecule has 0 bridgehead atoms. The van der Waals surface area contributed by atoms with E-state index in [2.05, 4.69) is 14.9 Å². The van der Waals surface area contributed by atoms with Crippen molar-refractivity contribution in [3.8, 4) is 5.88 Å². The molecule has 2 aromatic rings. The summed E-state index contributed by atoms with van der Waals surface area (Å²) in [5, 5.41) is 0. The monoisotopic (exact) mass is 328 g/mol. The van der Waals surface area contributed by atoms with E-state index in [1.165, 1.54) is 0 Å². The molecule has 0 spiro atoms. The van der Waals surface area contributed by atoms with Crippen LogP contribution in [0, 0.1) is 5.92 Å². The Kier molecular flexibility index (Phi) is 3.84. The zero-order valence-corrected chi connectivity index (χ0v) is 13.6. The maximum Gasteiger partial charge on any atom is 0.228 e. The first-order chi connectivity index (χ1) is 11.8. The largest absolute Gasteiger partial charge is 0.481 e. The molecule has 0 unspecified atom stereocenters. The van der Waals surface area contributed by atoms with Gasteiger partial charge < -0.3 is 19.0 Å². The van der Waals surface area contributed by atoms with E-state index in [0.717, 1.165) is 25.3 Å². The van der Waals surface area contributed by atoms with Crippen molar-refractivity contribution in [2.75, 3.05) is 38.2 Å². The number of anilines is 1. The number of hydrogen-bond acceptors (Lipinski definition) is 6. The van der Waals surface area contributed by atoms with Gasteiger partial charge in [0, 0.05) is 50.3 Å². The highest BCUT2D eigenvalue weighted by molar-refractivity contribution is 5.83. The number of hydrogen-bond donors (Lipinski definition) is 0. The molecule has 1 saturated heterocycles. The van der Waals surface area contributed by atoms with Crippen LogP contribution >= 0.6 is 0 Å². The first-order valence-corrected chi connectivity index (χ1v) is 8.20. The van der Waals surface area contributed by atoms with Gasteiger partial charge in [0.05, 0.1) is 13.4 Å². The zero-order chi connectivity index (χ0) is 16.5. The molecule has 1 aliphatic heterocycles. The van der Waals surface area contributed by atoms with Crippen LogP contribution in [-0.2, 0) is 4.79 Å². The van der Waals surface area contributed by atoms with Gasteiger partial charge in [-0.15, -0.1) is 0 Å². The minimum Gasteiger partial charge on any atom is -0.481 e. The molecule has 2 aromatic heterocycles. The Morgan fingerprint density at radius 1 is 1.29 bits per heavy atom. The number of amides is 1. The number of rotatable bonds is 4. The smallest absolute Gasteiger partial charge is 0.228 e. The van der Waals surface area contributed by atoms with E-state index in [-0.39, 0.29) is 17.7 Å². The van der Waals surface area contributed by atoms with Gasteiger partial charge in [0.1, 0.15) is 5.76 Å². The van der Waals surface area contributed by atoms with Crippen molar-refractivity contribution in [3.05, 3.63) is 36.4 Å². The highest BCUT2D eigenvalue weighted by Gasteiger charge is 2.47. The fourth-order valence-electron chi connectivity index (χ4n) is 3.24. The molecule has 1 amide bonds. The zero-order valence-electron chi connectivity index (χ0n) is 13.6. The number of methoxy groups -OCH3 is 1. The highest BCUT2D eigenvalue weighted by atomic mass is 16.5. The van der Waals surface area contributed by atoms with Crippen LogP contribution in [0.15, 0.2) is 35.1 Å². The van der Waals surface area contributed by atoms with Crippen molar-refractivity contribution in [1.82, 2.24) is 14.9 Å². The number of ether oxygens (including phenoxy) is 1. The Bertz CT molecular complexity index is 710. The lowest BCUT2D eigenvalue weighted by molar-refractivity contribution is -0.133. The van der Waals surface area contributed by atoms with E-state index < -0.39 is 0 Å². The van der Waals surface area contributed by atoms with Gasteiger partial charge in [-0.2, -0.15) is 4.98 Å². The second-order valence-electron chi connectivity index (χ2n) is 6.18. The lowest BCUT2D eigenvalue weighted by Crippen LogP contribution is -2.49. The van der Waals surface area contributed by atoms with Gasteiger partial charge in [-0.1, -0.05) is 0 Å². The fourth-order valence-corrected chi connectivity index (χ4v) is 3.24. The molecule has 24 heavy (non-hydrogen) atoms. The second-order valence-corrected chi connectivity index (χ2v) is 6.18. The Hall–Kier alpha value is -2.57. The number of carbonyl (C=O) groups excluding carboxylic acids is 1. The third kappa shape index (κ3) is 2.81. The van der Waals surface area contributed by atoms with Crippen LogP contribution in [0.2, 0.25) is 0 Å². The van der Waals surface area contributed by atoms with Gasteiger partial charge in [-0.25, -0.2) is 4.98 Å². The van der Waals surface area contributed by atoms with Crippen LogP contribution in [0.1, 0.15) is 18.1 Å². The quantitative estimate of drug-likeness (QED) is 0.847. The van der Waals surface area contributed by atoms with Crippen molar-refractivity contribution >= 4 is 11.9 Å². The van der Waals surface area contributed by atoms with Crippen molar-refractivity contribution in [2.24, 2.45) is 5.92 Å². The first kappa shape index (κ1) is 15.0. The SMILES string of the molecule is COc1ccnc(N2CCN(C(=O)[C@@H]3C[C@H]3c3ccco3)CC2)n1. The van der Waals surface area contributed by atoms with Crippen molar-refractivity contribution < 1.29 is 13.9 Å². The number of aromatic nitrogens is 2. The molecule has 3 heterocycles. The number of furan rings is 1. The number of piperazine rings is 1. The summed E-state index contributed by atoms with van der Waals surface area (Å²) in [7, 11) is 1.59. The van der Waals surface area contributed by atoms with Crippen LogP contribution in [-0.4, -0.2) is 54.1 Å². The molecule has 7 nitrogen and oxygen atoms in total. The lowest BCUT2D eigenvalue weighted by Gasteiger charge is -2.35. The topological polar surface area (TPSA) is 71.7 Å². The van der Waals surface area contributed by atoms with Crippen LogP contribution < -0.4 is 9.64 Å². The minimum atomic E-state index is 0.0794. The van der Waals surface area contributed by atoms with Gasteiger partial charge in [0.15, 0.2) is 0 Å². The molecule has 126 valence electrons. The summed E-state index contributed by atoms with van der Waals surface area (Å²) in [6.45, 7) is 2.86. The molecular weight excluding hydrogens is 308 g/mol. The Balaban J connectivity index is 1.34. The van der Waals surface area contributed by atoms with Gasteiger partial charge in [-0.3, -0.25) is 4.79 Å². The highest BCUT2D eigenvalue weighted by Crippen LogP contribution is 2.48. The summed E-state index contributed by atoms with van der Waals surface area (Å²) < 4.78 is 10.6. The summed E-state index contributed by atoms with van der Waals surface area (Å²) in [5.74, 6) is 2.71. The van der Waals surface area contributed by atoms with Gasteiger partial charge in [0.2, 0.25) is 17.7 Å². The standard InChI is InChI=1S/C17H20N4O3/c1-23-15-4-5-18-17(19-15)21-8-6-20(7-9-21)16(22)13-11-12(13)14-3-2-10-24-14/h2-5,10,12-13H,6-9,11H2,1H3/t12-,13-/m1/s1. The van der Waals surface area contributed by atoms with E-state index in [1.54, 1.807) is 25.6 Å². The van der Waals surface area contributed by atoms with E-state index in [1.807, 2.05) is 17.0 Å². The summed E-state index contributed by atoms with van der Waals surface area (Å²) in [4.78, 5) is 25.3. The van der Waals surface area contributed by atoms with Crippen molar-refractivity contribution in [3.63, 3.8) is 0 Å². The van der Waals surface area contributed by atoms with E-state index in [4.69, 9.17) is 9.15 Å². The van der Waals surface area contributed by atoms with Crippen LogP contribution in [0.25, 0.3) is 0 Å². The normalized spacial score (nSPS) is 23.2. The summed E-state index contributed by atoms with van der Waals surface area (Å²) in [6, 6.07) is 5.56. The molecule has 1 aliphatic carbocycles. The predicted octanol–water partition coefficient (Wildman–Crippen LogP) is 1.53. The fraction of sp³-hybridized carbons (Fsp3) is 0.471. The Morgan fingerprint density at radius 2 is 2.12 bits per heavy atom. The Morgan fingerprint density at radius 3 is 2.83 bits per heavy atom. The molecule has 2 fully saturated rings. The summed E-state index contributed by atoms with van der Waals surface area (Å²) in [5.41, 5.74) is 0. The maximum absolute atomic E-state index is 12.6. The van der Waals surface area contributed by atoms with Gasteiger partial charge in [-0.05, 0) is 18.6 Å². The van der Waals surface area contributed by atoms with Crippen LogP contribution in [0.3, 0.4) is 0 Å². The third-order valence-electron chi connectivity index (χ3n) is 4.72. The van der Waals surface area contributed by atoms with Crippen molar-refractivity contribution in [1.29, 1.82) is 0 Å². The molecule has 2 atom stereocenters. The molecule has 1 saturated carbocycles. The molecule has 7 heteroatoms. The molecular formula is C17H20N4O3. The van der Waals surface area contributed by atoms with Crippen LogP contribution in [0.5, 0.6) is 5.88 Å². The third-order valence-corrected chi connectivity index (χ3v) is 4.72. The summed E-state index contributed by atoms with van der Waals surface area (Å²) in [6.07, 6.45) is 4.25.